The number of benzene rings is 2. The second kappa shape index (κ2) is 12.1. The van der Waals surface area contributed by atoms with Gasteiger partial charge in [-0.25, -0.2) is 0 Å². The summed E-state index contributed by atoms with van der Waals surface area (Å²) in [6.45, 7) is 13.4. The van der Waals surface area contributed by atoms with Crippen molar-refractivity contribution in [1.29, 1.82) is 0 Å². The van der Waals surface area contributed by atoms with Gasteiger partial charge in [0.15, 0.2) is 11.5 Å². The lowest BCUT2D eigenvalue weighted by atomic mass is 9.93. The number of likely N-dealkylation sites (N-methyl/N-ethyl adjacent to an activating group) is 1. The van der Waals surface area contributed by atoms with E-state index >= 15 is 0 Å². The molecule has 5 nitrogen and oxygen atoms in total. The van der Waals surface area contributed by atoms with Gasteiger partial charge in [0, 0.05) is 26.2 Å². The Morgan fingerprint density at radius 3 is 2.20 bits per heavy atom. The van der Waals surface area contributed by atoms with Crippen LogP contribution in [0.5, 0.6) is 11.5 Å². The monoisotopic (exact) mass is 414 g/mol. The van der Waals surface area contributed by atoms with E-state index < -0.39 is 0 Å². The number of hydrogen-bond donors (Lipinski definition) is 1. The summed E-state index contributed by atoms with van der Waals surface area (Å²) in [7, 11) is 3.45. The van der Waals surface area contributed by atoms with E-state index in [1.165, 1.54) is 18.2 Å². The molecular weight excluding hydrogens is 376 g/mol. The molecule has 0 aliphatic carbocycles. The van der Waals surface area contributed by atoms with Crippen LogP contribution in [0.3, 0.4) is 0 Å². The number of nitrogens with zero attached hydrogens (tertiary/aromatic N) is 2. The maximum atomic E-state index is 13.2. The van der Waals surface area contributed by atoms with Crippen molar-refractivity contribution in [3.8, 4) is 11.5 Å². The molecule has 0 saturated carbocycles. The van der Waals surface area contributed by atoms with Crippen LogP contribution >= 0.6 is 0 Å². The number of hydrogen-bond acceptors (Lipinski definition) is 4. The molecule has 30 heavy (non-hydrogen) atoms. The third kappa shape index (κ3) is 5.07. The summed E-state index contributed by atoms with van der Waals surface area (Å²) >= 11 is 0. The first-order valence-corrected chi connectivity index (χ1v) is 11.1. The maximum Gasteiger partial charge on any atom is 0.256 e. The number of fused-ring (bicyclic) bond motifs is 3. The summed E-state index contributed by atoms with van der Waals surface area (Å²) in [5, 5.41) is 10.1. The fraction of sp³-hybridized carbons (Fsp3) is 0.480. The van der Waals surface area contributed by atoms with Crippen LogP contribution in [0.2, 0.25) is 0 Å². The lowest BCUT2D eigenvalue weighted by Gasteiger charge is -2.36. The Hall–Kier alpha value is -2.69. The first kappa shape index (κ1) is 25.3. The van der Waals surface area contributed by atoms with E-state index in [0.717, 1.165) is 18.7 Å². The molecule has 0 radical (unpaired) electrons. The van der Waals surface area contributed by atoms with Crippen molar-refractivity contribution in [1.82, 2.24) is 4.90 Å². The molecule has 0 saturated heterocycles. The molecule has 4 rings (SSSR count). The third-order valence-electron chi connectivity index (χ3n) is 5.04. The van der Waals surface area contributed by atoms with Crippen LogP contribution in [0.25, 0.3) is 0 Å². The summed E-state index contributed by atoms with van der Waals surface area (Å²) in [4.78, 5) is 17.2. The molecule has 0 spiro atoms. The van der Waals surface area contributed by atoms with Gasteiger partial charge in [-0.1, -0.05) is 65.8 Å². The zero-order valence-corrected chi connectivity index (χ0v) is 19.8. The van der Waals surface area contributed by atoms with E-state index in [9.17, 15) is 9.90 Å². The zero-order valence-electron chi connectivity index (χ0n) is 19.8. The molecule has 2 aromatic carbocycles. The Balaban J connectivity index is 0.000000691. The molecule has 0 bridgehead atoms. The SMILES string of the molecule is CC.CC.CC.COc1cc2c(cc1O)N(C)CC1Cc3ccccc3CN1C2=O. The van der Waals surface area contributed by atoms with E-state index in [0.29, 0.717) is 17.9 Å². The molecule has 1 N–H and O–H groups in total. The van der Waals surface area contributed by atoms with Gasteiger partial charge in [0.25, 0.3) is 5.91 Å². The van der Waals surface area contributed by atoms with Gasteiger partial charge in [0.2, 0.25) is 0 Å². The highest BCUT2D eigenvalue weighted by Crippen LogP contribution is 2.38. The number of ether oxygens (including phenoxy) is 1. The average molecular weight is 415 g/mol. The third-order valence-corrected chi connectivity index (χ3v) is 5.04. The molecule has 2 heterocycles. The fourth-order valence-electron chi connectivity index (χ4n) is 3.77. The van der Waals surface area contributed by atoms with E-state index in [4.69, 9.17) is 4.74 Å². The lowest BCUT2D eigenvalue weighted by Crippen LogP contribution is -2.47. The van der Waals surface area contributed by atoms with Crippen LogP contribution in [0.4, 0.5) is 5.69 Å². The Bertz CT molecular complexity index is 820. The van der Waals surface area contributed by atoms with Gasteiger partial charge in [-0.05, 0) is 23.6 Å². The zero-order chi connectivity index (χ0) is 22.8. The molecule has 2 aliphatic rings. The van der Waals surface area contributed by atoms with Crippen molar-refractivity contribution in [2.24, 2.45) is 0 Å². The smallest absolute Gasteiger partial charge is 0.256 e. The van der Waals surface area contributed by atoms with Crippen molar-refractivity contribution in [2.45, 2.75) is 60.5 Å². The van der Waals surface area contributed by atoms with Gasteiger partial charge < -0.3 is 19.6 Å². The van der Waals surface area contributed by atoms with E-state index in [1.54, 1.807) is 12.1 Å². The Morgan fingerprint density at radius 1 is 1.00 bits per heavy atom. The molecule has 166 valence electrons. The van der Waals surface area contributed by atoms with Gasteiger partial charge in [-0.2, -0.15) is 0 Å². The highest BCUT2D eigenvalue weighted by atomic mass is 16.5. The largest absolute Gasteiger partial charge is 0.504 e. The van der Waals surface area contributed by atoms with E-state index in [2.05, 4.69) is 12.1 Å². The maximum absolute atomic E-state index is 13.2. The molecule has 1 amide bonds. The van der Waals surface area contributed by atoms with Crippen LogP contribution in [0, 0.1) is 0 Å². The van der Waals surface area contributed by atoms with Crippen molar-refractivity contribution < 1.29 is 14.6 Å². The highest BCUT2D eigenvalue weighted by molar-refractivity contribution is 6.01. The van der Waals surface area contributed by atoms with Crippen LogP contribution < -0.4 is 9.64 Å². The van der Waals surface area contributed by atoms with Gasteiger partial charge in [0.05, 0.1) is 24.4 Å². The molecular formula is C25H38N2O3. The minimum Gasteiger partial charge on any atom is -0.504 e. The molecule has 1 unspecified atom stereocenters. The number of carbonyl (C=O) groups is 1. The number of phenols is 1. The van der Waals surface area contributed by atoms with Gasteiger partial charge >= 0.3 is 0 Å². The Labute approximate surface area is 182 Å². The molecule has 2 aromatic rings. The minimum absolute atomic E-state index is 0.00727. The quantitative estimate of drug-likeness (QED) is 0.670. The topological polar surface area (TPSA) is 53.0 Å². The summed E-state index contributed by atoms with van der Waals surface area (Å²) in [5.74, 6) is 0.373. The van der Waals surface area contributed by atoms with Gasteiger partial charge in [-0.3, -0.25) is 4.79 Å². The molecule has 2 aliphatic heterocycles. The second-order valence-corrected chi connectivity index (χ2v) is 6.48. The number of anilines is 1. The minimum atomic E-state index is -0.00727. The number of rotatable bonds is 1. The molecule has 0 fully saturated rings. The lowest BCUT2D eigenvalue weighted by molar-refractivity contribution is 0.0657. The number of aromatic hydroxyl groups is 1. The van der Waals surface area contributed by atoms with Crippen LogP contribution in [-0.2, 0) is 13.0 Å². The summed E-state index contributed by atoms with van der Waals surface area (Å²) in [6, 6.07) is 11.7. The van der Waals surface area contributed by atoms with Crippen molar-refractivity contribution >= 4 is 11.6 Å². The van der Waals surface area contributed by atoms with E-state index in [-0.39, 0.29) is 17.7 Å². The standard InChI is InChI=1S/C19H20N2O3.3C2H6/c1-20-11-14-7-12-5-3-4-6-13(12)10-21(14)19(23)15-8-18(24-2)17(22)9-16(15)20;3*1-2/h3-6,8-9,14,22H,7,10-11H2,1-2H3;3*1-2H3. The van der Waals surface area contributed by atoms with Crippen molar-refractivity contribution in [3.05, 3.63) is 53.1 Å². The number of carbonyl (C=O) groups excluding carboxylic acids is 1. The van der Waals surface area contributed by atoms with Crippen molar-refractivity contribution in [3.63, 3.8) is 0 Å². The number of methoxy groups -OCH3 is 1. The predicted molar refractivity (Wildman–Crippen MR) is 126 cm³/mol. The predicted octanol–water partition coefficient (Wildman–Crippen LogP) is 5.50. The first-order valence-electron chi connectivity index (χ1n) is 11.1. The Kier molecular flexibility index (Phi) is 10.2. The van der Waals surface area contributed by atoms with Crippen LogP contribution in [0.1, 0.15) is 63.0 Å². The van der Waals surface area contributed by atoms with E-state index in [1.807, 2.05) is 70.5 Å². The van der Waals surface area contributed by atoms with Crippen LogP contribution in [-0.4, -0.2) is 42.7 Å². The van der Waals surface area contributed by atoms with Gasteiger partial charge in [0.1, 0.15) is 0 Å². The molecule has 1 atom stereocenters. The average Bonchev–Trinajstić information content (AvgIpc) is 2.90. The first-order chi connectivity index (χ1) is 14.6. The normalized spacial score (nSPS) is 16.0. The molecule has 5 heteroatoms. The van der Waals surface area contributed by atoms with Crippen molar-refractivity contribution in [2.75, 3.05) is 25.6 Å². The Morgan fingerprint density at radius 2 is 1.60 bits per heavy atom. The summed E-state index contributed by atoms with van der Waals surface area (Å²) in [6.07, 6.45) is 0.851. The summed E-state index contributed by atoms with van der Waals surface area (Å²) in [5.41, 5.74) is 3.84. The molecule has 0 aromatic heterocycles. The number of phenolic OH excluding ortho intramolecular Hbond substituents is 1. The number of amides is 1. The second-order valence-electron chi connectivity index (χ2n) is 6.48. The summed E-state index contributed by atoms with van der Waals surface area (Å²) < 4.78 is 5.19. The fourth-order valence-corrected chi connectivity index (χ4v) is 3.77. The highest BCUT2D eigenvalue weighted by Gasteiger charge is 2.36. The van der Waals surface area contributed by atoms with Gasteiger partial charge in [-0.15, -0.1) is 0 Å². The van der Waals surface area contributed by atoms with Crippen LogP contribution in [0.15, 0.2) is 36.4 Å².